The largest absolute Gasteiger partial charge is 0.482 e. The minimum absolute atomic E-state index is 0.0812. The molecule has 1 aromatic carbocycles. The molecule has 94 valence electrons. The van der Waals surface area contributed by atoms with E-state index in [0.717, 1.165) is 11.1 Å². The maximum Gasteiger partial charge on any atom is 0.262 e. The smallest absolute Gasteiger partial charge is 0.262 e. The molecule has 1 amide bonds. The minimum atomic E-state index is -0.124. The van der Waals surface area contributed by atoms with Gasteiger partial charge in [-0.1, -0.05) is 24.3 Å². The molecule has 0 unspecified atom stereocenters. The first kappa shape index (κ1) is 11.5. The summed E-state index contributed by atoms with van der Waals surface area (Å²) in [4.78, 5) is 15.3. The number of rotatable bonds is 2. The van der Waals surface area contributed by atoms with Crippen LogP contribution in [0.2, 0.25) is 0 Å². The Morgan fingerprint density at radius 2 is 2.11 bits per heavy atom. The number of anilines is 1. The van der Waals surface area contributed by atoms with Crippen LogP contribution in [0.15, 0.2) is 42.7 Å². The lowest BCUT2D eigenvalue weighted by molar-refractivity contribution is -0.118. The van der Waals surface area contributed by atoms with Gasteiger partial charge in [-0.25, -0.2) is 0 Å². The molecule has 3 rings (SSSR count). The summed E-state index contributed by atoms with van der Waals surface area (Å²) in [5, 5.41) is 2.79. The summed E-state index contributed by atoms with van der Waals surface area (Å²) in [6.07, 6.45) is 7.47. The van der Waals surface area contributed by atoms with Crippen LogP contribution in [0, 0.1) is 0 Å². The number of benzene rings is 1. The normalized spacial score (nSPS) is 13.8. The van der Waals surface area contributed by atoms with Crippen LogP contribution < -0.4 is 10.1 Å². The van der Waals surface area contributed by atoms with Crippen molar-refractivity contribution in [3.05, 3.63) is 53.9 Å². The lowest BCUT2D eigenvalue weighted by Gasteiger charge is -2.17. The molecule has 0 radical (unpaired) electrons. The maximum atomic E-state index is 11.3. The number of ether oxygens (including phenoxy) is 1. The first-order valence-corrected chi connectivity index (χ1v) is 5.96. The average molecular weight is 252 g/mol. The Kier molecular flexibility index (Phi) is 2.98. The number of carbonyl (C=O) groups is 1. The van der Waals surface area contributed by atoms with Gasteiger partial charge in [0.25, 0.3) is 5.91 Å². The van der Waals surface area contributed by atoms with Gasteiger partial charge in [0.1, 0.15) is 5.75 Å². The molecule has 2 aromatic rings. The fourth-order valence-corrected chi connectivity index (χ4v) is 1.87. The van der Waals surface area contributed by atoms with Crippen LogP contribution >= 0.6 is 0 Å². The monoisotopic (exact) mass is 252 g/mol. The van der Waals surface area contributed by atoms with Gasteiger partial charge >= 0.3 is 0 Å². The molecule has 2 heterocycles. The summed E-state index contributed by atoms with van der Waals surface area (Å²) in [5.74, 6) is 0.582. The number of carbonyl (C=O) groups excluding carboxylic acids is 1. The Hall–Kier alpha value is -2.62. The molecular weight excluding hydrogens is 240 g/mol. The van der Waals surface area contributed by atoms with E-state index in [1.807, 2.05) is 42.5 Å². The topological polar surface area (TPSA) is 51.2 Å². The molecule has 0 fully saturated rings. The highest BCUT2D eigenvalue weighted by Crippen LogP contribution is 2.28. The van der Waals surface area contributed by atoms with Crippen molar-refractivity contribution in [2.24, 2.45) is 0 Å². The molecule has 4 nitrogen and oxygen atoms in total. The van der Waals surface area contributed by atoms with Crippen LogP contribution in [0.25, 0.3) is 12.2 Å². The third-order valence-corrected chi connectivity index (χ3v) is 2.79. The highest BCUT2D eigenvalue weighted by molar-refractivity contribution is 5.95. The van der Waals surface area contributed by atoms with Crippen molar-refractivity contribution in [2.45, 2.75) is 0 Å². The van der Waals surface area contributed by atoms with E-state index in [0.29, 0.717) is 11.4 Å². The van der Waals surface area contributed by atoms with Crippen LogP contribution in [-0.4, -0.2) is 17.5 Å². The number of nitrogens with one attached hydrogen (secondary N) is 1. The van der Waals surface area contributed by atoms with Crippen LogP contribution in [0.1, 0.15) is 11.1 Å². The first-order chi connectivity index (χ1) is 9.31. The second kappa shape index (κ2) is 4.94. The lowest BCUT2D eigenvalue weighted by atomic mass is 10.1. The number of hydrogen-bond donors (Lipinski definition) is 1. The fraction of sp³-hybridized carbons (Fsp3) is 0.0667. The predicted molar refractivity (Wildman–Crippen MR) is 73.7 cm³/mol. The average Bonchev–Trinajstić information content (AvgIpc) is 2.46. The Balaban J connectivity index is 1.84. The summed E-state index contributed by atoms with van der Waals surface area (Å²) >= 11 is 0. The van der Waals surface area contributed by atoms with Crippen molar-refractivity contribution in [2.75, 3.05) is 11.9 Å². The zero-order valence-corrected chi connectivity index (χ0v) is 10.2. The van der Waals surface area contributed by atoms with E-state index in [2.05, 4.69) is 10.3 Å². The van der Waals surface area contributed by atoms with Crippen LogP contribution in [-0.2, 0) is 4.79 Å². The molecule has 4 heteroatoms. The van der Waals surface area contributed by atoms with Gasteiger partial charge in [-0.05, 0) is 29.3 Å². The van der Waals surface area contributed by atoms with Gasteiger partial charge in [-0.2, -0.15) is 0 Å². The van der Waals surface area contributed by atoms with Gasteiger partial charge in [0.2, 0.25) is 0 Å². The number of pyridine rings is 1. The summed E-state index contributed by atoms with van der Waals surface area (Å²) in [7, 11) is 0. The SMILES string of the molecule is O=C1COc2ccc(/C=C/c3cccnc3)cc2N1. The predicted octanol–water partition coefficient (Wildman–Crippen LogP) is 2.58. The standard InChI is InChI=1S/C15H12N2O2/c18-15-10-19-14-6-5-11(8-13(14)17-15)3-4-12-2-1-7-16-9-12/h1-9H,10H2,(H,17,18)/b4-3+. The molecule has 1 N–H and O–H groups in total. The number of aromatic nitrogens is 1. The van der Waals surface area contributed by atoms with Crippen molar-refractivity contribution in [1.29, 1.82) is 0 Å². The molecule has 0 bridgehead atoms. The highest BCUT2D eigenvalue weighted by atomic mass is 16.5. The molecule has 1 aromatic heterocycles. The Labute approximate surface area is 110 Å². The van der Waals surface area contributed by atoms with Crippen molar-refractivity contribution in [3.63, 3.8) is 0 Å². The van der Waals surface area contributed by atoms with E-state index < -0.39 is 0 Å². The maximum absolute atomic E-state index is 11.3. The molecule has 19 heavy (non-hydrogen) atoms. The van der Waals surface area contributed by atoms with E-state index in [-0.39, 0.29) is 12.5 Å². The summed E-state index contributed by atoms with van der Waals surface area (Å²) in [6.45, 7) is 0.0812. The summed E-state index contributed by atoms with van der Waals surface area (Å²) < 4.78 is 5.31. The van der Waals surface area contributed by atoms with Gasteiger partial charge in [0.15, 0.2) is 6.61 Å². The van der Waals surface area contributed by atoms with E-state index in [4.69, 9.17) is 4.74 Å². The first-order valence-electron chi connectivity index (χ1n) is 5.96. The van der Waals surface area contributed by atoms with Crippen LogP contribution in [0.5, 0.6) is 5.75 Å². The number of fused-ring (bicyclic) bond motifs is 1. The molecule has 1 aliphatic rings. The second-order valence-corrected chi connectivity index (χ2v) is 4.21. The molecule has 1 aliphatic heterocycles. The Morgan fingerprint density at radius 3 is 2.95 bits per heavy atom. The molecule has 0 aliphatic carbocycles. The van der Waals surface area contributed by atoms with Gasteiger partial charge < -0.3 is 10.1 Å². The van der Waals surface area contributed by atoms with Gasteiger partial charge in [0, 0.05) is 12.4 Å². The number of amides is 1. The zero-order chi connectivity index (χ0) is 13.1. The summed E-state index contributed by atoms with van der Waals surface area (Å²) in [5.41, 5.74) is 2.73. The molecular formula is C15H12N2O2. The van der Waals surface area contributed by atoms with Gasteiger partial charge in [-0.15, -0.1) is 0 Å². The number of hydrogen-bond acceptors (Lipinski definition) is 3. The van der Waals surface area contributed by atoms with E-state index in [1.165, 1.54) is 0 Å². The van der Waals surface area contributed by atoms with Crippen LogP contribution in [0.3, 0.4) is 0 Å². The van der Waals surface area contributed by atoms with E-state index in [9.17, 15) is 4.79 Å². The lowest BCUT2D eigenvalue weighted by Crippen LogP contribution is -2.25. The van der Waals surface area contributed by atoms with Crippen molar-refractivity contribution in [1.82, 2.24) is 4.98 Å². The summed E-state index contributed by atoms with van der Waals surface area (Å²) in [6, 6.07) is 9.56. The van der Waals surface area contributed by atoms with Gasteiger partial charge in [0.05, 0.1) is 5.69 Å². The van der Waals surface area contributed by atoms with Crippen molar-refractivity contribution < 1.29 is 9.53 Å². The van der Waals surface area contributed by atoms with Crippen molar-refractivity contribution in [3.8, 4) is 5.75 Å². The van der Waals surface area contributed by atoms with Crippen molar-refractivity contribution >= 4 is 23.7 Å². The quantitative estimate of drug-likeness (QED) is 0.893. The van der Waals surface area contributed by atoms with E-state index >= 15 is 0 Å². The van der Waals surface area contributed by atoms with Gasteiger partial charge in [-0.3, -0.25) is 9.78 Å². The molecule has 0 spiro atoms. The molecule has 0 saturated carbocycles. The highest BCUT2D eigenvalue weighted by Gasteiger charge is 2.15. The third-order valence-electron chi connectivity index (χ3n) is 2.79. The minimum Gasteiger partial charge on any atom is -0.482 e. The Morgan fingerprint density at radius 1 is 1.21 bits per heavy atom. The second-order valence-electron chi connectivity index (χ2n) is 4.21. The molecule has 0 saturated heterocycles. The third kappa shape index (κ3) is 2.63. The fourth-order valence-electron chi connectivity index (χ4n) is 1.87. The van der Waals surface area contributed by atoms with E-state index in [1.54, 1.807) is 12.4 Å². The molecule has 0 atom stereocenters. The number of nitrogens with zero attached hydrogens (tertiary/aromatic N) is 1. The zero-order valence-electron chi connectivity index (χ0n) is 10.2. The van der Waals surface area contributed by atoms with Crippen LogP contribution in [0.4, 0.5) is 5.69 Å². The Bertz CT molecular complexity index is 636.